The van der Waals surface area contributed by atoms with Crippen molar-refractivity contribution in [3.8, 4) is 0 Å². The first-order chi connectivity index (χ1) is 11.2. The third-order valence-corrected chi connectivity index (χ3v) is 5.20. The minimum absolute atomic E-state index is 1.00. The Morgan fingerprint density at radius 3 is 1.57 bits per heavy atom. The molecule has 2 aliphatic rings. The van der Waals surface area contributed by atoms with Crippen LogP contribution in [0.3, 0.4) is 0 Å². The molecule has 0 N–H and O–H groups in total. The van der Waals surface area contributed by atoms with Crippen LogP contribution in [0.25, 0.3) is 0 Å². The minimum Gasteiger partial charge on any atom is -0.210 e. The van der Waals surface area contributed by atoms with Gasteiger partial charge in [0, 0.05) is 0 Å². The average molecular weight is 352 g/mol. The molecule has 0 atom stereocenters. The molecule has 0 unspecified atom stereocenters. The molecule has 0 amide bonds. The molecule has 0 aromatic heterocycles. The Balaban J connectivity index is 0.000000132. The van der Waals surface area contributed by atoms with E-state index < -0.39 is 18.5 Å². The second-order valence-corrected chi connectivity index (χ2v) is 7.95. The molecule has 2 aromatic carbocycles. The van der Waals surface area contributed by atoms with Gasteiger partial charge in [-0.3, -0.25) is 0 Å². The van der Waals surface area contributed by atoms with Gasteiger partial charge >= 0.3 is 35.9 Å². The van der Waals surface area contributed by atoms with E-state index in [0.717, 1.165) is 4.31 Å². The Labute approximate surface area is 146 Å². The molecule has 0 radical (unpaired) electrons. The molecule has 0 spiro atoms. The maximum absolute atomic E-state index is 10.9. The third kappa shape index (κ3) is 6.27. The second-order valence-electron chi connectivity index (χ2n) is 6.15. The number of hydrogen-bond donors (Lipinski definition) is 0. The summed E-state index contributed by atoms with van der Waals surface area (Å²) in [5.41, 5.74) is 6.39. The molecule has 3 heteroatoms. The Hall–Kier alpha value is -0.856. The fourth-order valence-electron chi connectivity index (χ4n) is 3.23. The monoisotopic (exact) mass is 352 g/mol. The fourth-order valence-corrected chi connectivity index (χ4v) is 3.23. The van der Waals surface area contributed by atoms with Gasteiger partial charge in [0.1, 0.15) is 0 Å². The normalized spacial score (nSPS) is 15.1. The molecular weight excluding hydrogens is 326 g/mol. The van der Waals surface area contributed by atoms with Crippen molar-refractivity contribution in [3.05, 3.63) is 58.7 Å². The van der Waals surface area contributed by atoms with Gasteiger partial charge in [0.15, 0.2) is 0 Å². The average Bonchev–Trinajstić information content (AvgIpc) is 3.24. The van der Waals surface area contributed by atoms with Gasteiger partial charge < -0.3 is 0 Å². The van der Waals surface area contributed by atoms with E-state index in [0.29, 0.717) is 0 Å². The Kier molecular flexibility index (Phi) is 8.12. The van der Waals surface area contributed by atoms with Gasteiger partial charge in [-0.25, -0.2) is 12.1 Å². The van der Waals surface area contributed by atoms with Crippen LogP contribution in [-0.4, -0.2) is 4.31 Å². The van der Waals surface area contributed by atoms with E-state index in [1.807, 2.05) is 0 Å². The standard InChI is InChI=1S/2C9H11.C2H4.2FH.Ti/c2*1-2-5-9-7-3-6-8(9)4-1;1-2;;;/h2*3,6-7H,1-2,4-5H2;1H,2H3;2*1H;/q2*-1;;;;+2/p-2. The van der Waals surface area contributed by atoms with Crippen LogP contribution in [-0.2, 0) is 44.2 Å². The zero-order valence-electron chi connectivity index (χ0n) is 14.0. The summed E-state index contributed by atoms with van der Waals surface area (Å²) >= 11 is -3.48. The van der Waals surface area contributed by atoms with Gasteiger partial charge in [0.2, 0.25) is 0 Å². The van der Waals surface area contributed by atoms with E-state index in [-0.39, 0.29) is 0 Å². The van der Waals surface area contributed by atoms with Gasteiger partial charge in [-0.1, -0.05) is 51.4 Å². The summed E-state index contributed by atoms with van der Waals surface area (Å²) in [6.45, 7) is 1.40. The van der Waals surface area contributed by atoms with Crippen LogP contribution in [0.4, 0.5) is 6.18 Å². The van der Waals surface area contributed by atoms with E-state index in [2.05, 4.69) is 36.4 Å². The fraction of sp³-hybridized carbons (Fsp3) is 0.450. The maximum atomic E-state index is 10.9. The van der Waals surface area contributed by atoms with Crippen molar-refractivity contribution in [1.82, 2.24) is 0 Å². The second kappa shape index (κ2) is 10.1. The van der Waals surface area contributed by atoms with E-state index in [1.54, 1.807) is 22.3 Å². The van der Waals surface area contributed by atoms with Crippen molar-refractivity contribution in [2.45, 2.75) is 58.3 Å². The number of hydrogen-bond acceptors (Lipinski definition) is 0. The predicted molar refractivity (Wildman–Crippen MR) is 91.3 cm³/mol. The zero-order valence-corrected chi connectivity index (χ0v) is 15.5. The first-order valence-electron chi connectivity index (χ1n) is 8.65. The smallest absolute Gasteiger partial charge is 0.0512 e. The molecule has 4 rings (SSSR count). The van der Waals surface area contributed by atoms with Gasteiger partial charge in [0.05, 0.1) is 0 Å². The van der Waals surface area contributed by atoms with Crippen molar-refractivity contribution in [3.63, 3.8) is 0 Å². The number of rotatable bonds is 0. The molecule has 23 heavy (non-hydrogen) atoms. The van der Waals surface area contributed by atoms with Crippen LogP contribution >= 0.6 is 0 Å². The molecule has 0 aliphatic heterocycles. The summed E-state index contributed by atoms with van der Waals surface area (Å²) < 4.78 is 22.8. The quantitative estimate of drug-likeness (QED) is 0.417. The van der Waals surface area contributed by atoms with Crippen molar-refractivity contribution in [2.24, 2.45) is 0 Å². The van der Waals surface area contributed by atoms with Crippen LogP contribution in [0.1, 0.15) is 54.9 Å². The van der Waals surface area contributed by atoms with Crippen molar-refractivity contribution < 1.29 is 24.7 Å². The van der Waals surface area contributed by atoms with Gasteiger partial charge in [-0.05, 0) is 0 Å². The molecule has 0 fully saturated rings. The summed E-state index contributed by atoms with van der Waals surface area (Å²) in [4.78, 5) is 0. The third-order valence-electron chi connectivity index (χ3n) is 4.52. The van der Waals surface area contributed by atoms with Crippen molar-refractivity contribution in [2.75, 3.05) is 0 Å². The molecule has 2 aromatic rings. The number of fused-ring (bicyclic) bond motifs is 2. The van der Waals surface area contributed by atoms with Crippen LogP contribution in [0.15, 0.2) is 36.4 Å². The SMILES string of the molecule is C[CH]=[Ti]([F])[F].c1cc2c([cH-]1)CCCC2.c1cc2c([cH-]1)CCCC2. The number of aryl methyl sites for hydroxylation is 4. The molecule has 0 nitrogen and oxygen atoms in total. The minimum atomic E-state index is -3.48. The van der Waals surface area contributed by atoms with E-state index in [9.17, 15) is 6.18 Å². The first-order valence-corrected chi connectivity index (χ1v) is 10.7. The Morgan fingerprint density at radius 1 is 0.826 bits per heavy atom. The molecule has 0 heterocycles. The van der Waals surface area contributed by atoms with Crippen LogP contribution in [0, 0.1) is 0 Å². The largest absolute Gasteiger partial charge is 0.210 e. The molecule has 0 saturated heterocycles. The van der Waals surface area contributed by atoms with Gasteiger partial charge in [-0.2, -0.15) is 46.5 Å². The Bertz CT molecular complexity index is 515. The van der Waals surface area contributed by atoms with Gasteiger partial charge in [-0.15, -0.1) is 0 Å². The summed E-state index contributed by atoms with van der Waals surface area (Å²) in [6, 6.07) is 13.4. The topological polar surface area (TPSA) is 0 Å². The molecular formula is C20H26F2Ti-2. The van der Waals surface area contributed by atoms with Crippen LogP contribution in [0.5, 0.6) is 0 Å². The zero-order chi connectivity index (χ0) is 16.5. The van der Waals surface area contributed by atoms with E-state index >= 15 is 0 Å². The summed E-state index contributed by atoms with van der Waals surface area (Å²) in [6.07, 6.45) is 10.9. The molecule has 0 bridgehead atoms. The van der Waals surface area contributed by atoms with E-state index in [4.69, 9.17) is 0 Å². The number of halogens is 2. The van der Waals surface area contributed by atoms with E-state index in [1.165, 1.54) is 58.3 Å². The summed E-state index contributed by atoms with van der Waals surface area (Å²) in [5.74, 6) is 0. The Morgan fingerprint density at radius 2 is 1.22 bits per heavy atom. The van der Waals surface area contributed by atoms with Crippen LogP contribution in [0.2, 0.25) is 0 Å². The van der Waals surface area contributed by atoms with Crippen molar-refractivity contribution >= 4 is 4.31 Å². The van der Waals surface area contributed by atoms with Crippen LogP contribution < -0.4 is 0 Å². The summed E-state index contributed by atoms with van der Waals surface area (Å²) in [5, 5.41) is 0. The predicted octanol–water partition coefficient (Wildman–Crippen LogP) is 5.76. The van der Waals surface area contributed by atoms with Gasteiger partial charge in [0.25, 0.3) is 0 Å². The molecule has 2 aliphatic carbocycles. The molecule has 126 valence electrons. The summed E-state index contributed by atoms with van der Waals surface area (Å²) in [7, 11) is 0. The maximum Gasteiger partial charge on any atom is -0.0512 e. The first kappa shape index (κ1) is 18.5. The van der Waals surface area contributed by atoms with Crippen molar-refractivity contribution in [1.29, 1.82) is 0 Å². The molecule has 0 saturated carbocycles.